The average Bonchev–Trinajstić information content (AvgIpc) is 2.38. The lowest BCUT2D eigenvalue weighted by atomic mass is 10.1. The minimum Gasteiger partial charge on any atom is -0.457 e. The Bertz CT molecular complexity index is 587. The van der Waals surface area contributed by atoms with Gasteiger partial charge in [-0.05, 0) is 36.3 Å². The standard InChI is InChI=1S/C15H11FO/c16-13-6-3-5-12(10-13)15-9-8-11-4-1-2-7-14(11)17-15/h1-7,9-10H,8H2. The quantitative estimate of drug-likeness (QED) is 0.718. The first-order valence-electron chi connectivity index (χ1n) is 5.55. The second-order valence-corrected chi connectivity index (χ2v) is 3.99. The Kier molecular flexibility index (Phi) is 2.41. The molecule has 1 nitrogen and oxygen atoms in total. The molecule has 0 fully saturated rings. The third-order valence-electron chi connectivity index (χ3n) is 2.81. The lowest BCUT2D eigenvalue weighted by Gasteiger charge is -2.18. The fraction of sp³-hybridized carbons (Fsp3) is 0.0667. The first kappa shape index (κ1) is 10.1. The normalized spacial score (nSPS) is 13.6. The number of fused-ring (bicyclic) bond motifs is 1. The molecule has 0 spiro atoms. The van der Waals surface area contributed by atoms with Crippen molar-refractivity contribution in [2.24, 2.45) is 0 Å². The second-order valence-electron chi connectivity index (χ2n) is 3.99. The van der Waals surface area contributed by atoms with E-state index in [9.17, 15) is 4.39 Å². The maximum absolute atomic E-state index is 13.1. The van der Waals surface area contributed by atoms with Crippen LogP contribution < -0.4 is 4.74 Å². The molecule has 0 radical (unpaired) electrons. The summed E-state index contributed by atoms with van der Waals surface area (Å²) >= 11 is 0. The molecule has 0 saturated carbocycles. The fourth-order valence-electron chi connectivity index (χ4n) is 1.95. The van der Waals surface area contributed by atoms with Gasteiger partial charge in [0, 0.05) is 5.56 Å². The number of hydrogen-bond donors (Lipinski definition) is 0. The summed E-state index contributed by atoms with van der Waals surface area (Å²) in [4.78, 5) is 0. The molecule has 0 N–H and O–H groups in total. The number of hydrogen-bond acceptors (Lipinski definition) is 1. The van der Waals surface area contributed by atoms with Crippen LogP contribution in [0, 0.1) is 5.82 Å². The van der Waals surface area contributed by atoms with Gasteiger partial charge in [0.05, 0.1) is 0 Å². The van der Waals surface area contributed by atoms with Gasteiger partial charge < -0.3 is 4.74 Å². The van der Waals surface area contributed by atoms with E-state index in [0.717, 1.165) is 29.1 Å². The number of rotatable bonds is 1. The molecule has 2 aromatic rings. The van der Waals surface area contributed by atoms with Gasteiger partial charge in [0.2, 0.25) is 0 Å². The molecule has 2 aromatic carbocycles. The van der Waals surface area contributed by atoms with Crippen LogP contribution in [0.2, 0.25) is 0 Å². The van der Waals surface area contributed by atoms with E-state index >= 15 is 0 Å². The van der Waals surface area contributed by atoms with Gasteiger partial charge in [-0.3, -0.25) is 0 Å². The van der Waals surface area contributed by atoms with Gasteiger partial charge in [-0.15, -0.1) is 0 Å². The van der Waals surface area contributed by atoms with E-state index < -0.39 is 0 Å². The fourth-order valence-corrected chi connectivity index (χ4v) is 1.95. The van der Waals surface area contributed by atoms with Gasteiger partial charge >= 0.3 is 0 Å². The molecule has 0 aromatic heterocycles. The first-order valence-corrected chi connectivity index (χ1v) is 5.55. The third-order valence-corrected chi connectivity index (χ3v) is 2.81. The molecule has 0 unspecified atom stereocenters. The van der Waals surface area contributed by atoms with Crippen molar-refractivity contribution >= 4 is 5.76 Å². The maximum Gasteiger partial charge on any atom is 0.131 e. The van der Waals surface area contributed by atoms with Crippen LogP contribution in [0.4, 0.5) is 4.39 Å². The summed E-state index contributed by atoms with van der Waals surface area (Å²) in [5.41, 5.74) is 1.94. The molecule has 2 heteroatoms. The molecule has 0 saturated heterocycles. The SMILES string of the molecule is Fc1cccc(C2=CCc3ccccc3O2)c1. The average molecular weight is 226 g/mol. The van der Waals surface area contributed by atoms with Crippen LogP contribution in [0.3, 0.4) is 0 Å². The molecular formula is C15H11FO. The second kappa shape index (κ2) is 4.06. The summed E-state index contributed by atoms with van der Waals surface area (Å²) in [5.74, 6) is 1.34. The summed E-state index contributed by atoms with van der Waals surface area (Å²) < 4.78 is 18.9. The molecular weight excluding hydrogens is 215 g/mol. The Morgan fingerprint density at radius 3 is 2.76 bits per heavy atom. The largest absolute Gasteiger partial charge is 0.457 e. The predicted molar refractivity (Wildman–Crippen MR) is 65.2 cm³/mol. The van der Waals surface area contributed by atoms with E-state index in [1.807, 2.05) is 36.4 Å². The highest BCUT2D eigenvalue weighted by Crippen LogP contribution is 2.30. The van der Waals surface area contributed by atoms with Crippen molar-refractivity contribution in [3.63, 3.8) is 0 Å². The van der Waals surface area contributed by atoms with Gasteiger partial charge in [-0.25, -0.2) is 4.39 Å². The highest BCUT2D eigenvalue weighted by Gasteiger charge is 2.13. The molecule has 3 rings (SSSR count). The van der Waals surface area contributed by atoms with Crippen LogP contribution in [0.25, 0.3) is 5.76 Å². The van der Waals surface area contributed by atoms with Crippen molar-refractivity contribution in [3.05, 3.63) is 71.6 Å². The van der Waals surface area contributed by atoms with Crippen LogP contribution in [-0.2, 0) is 6.42 Å². The molecule has 17 heavy (non-hydrogen) atoms. The highest BCUT2D eigenvalue weighted by molar-refractivity contribution is 5.65. The van der Waals surface area contributed by atoms with Gasteiger partial charge in [0.15, 0.2) is 0 Å². The number of para-hydroxylation sites is 1. The molecule has 1 aliphatic rings. The lowest BCUT2D eigenvalue weighted by Crippen LogP contribution is -2.03. The van der Waals surface area contributed by atoms with Crippen molar-refractivity contribution in [2.45, 2.75) is 6.42 Å². The van der Waals surface area contributed by atoms with Gasteiger partial charge in [0.1, 0.15) is 17.3 Å². The summed E-state index contributed by atoms with van der Waals surface area (Å²) in [6, 6.07) is 14.4. The van der Waals surface area contributed by atoms with E-state index in [1.54, 1.807) is 6.07 Å². The minimum absolute atomic E-state index is 0.245. The molecule has 84 valence electrons. The van der Waals surface area contributed by atoms with Gasteiger partial charge in [-0.1, -0.05) is 30.3 Å². The number of benzene rings is 2. The van der Waals surface area contributed by atoms with E-state index in [-0.39, 0.29) is 5.82 Å². The number of halogens is 1. The van der Waals surface area contributed by atoms with E-state index in [2.05, 4.69) is 0 Å². The zero-order chi connectivity index (χ0) is 11.7. The molecule has 1 heterocycles. The Morgan fingerprint density at radius 1 is 1.00 bits per heavy atom. The van der Waals surface area contributed by atoms with E-state index in [0.29, 0.717) is 0 Å². The van der Waals surface area contributed by atoms with Crippen LogP contribution >= 0.6 is 0 Å². The summed E-state index contributed by atoms with van der Waals surface area (Å²) in [7, 11) is 0. The summed E-state index contributed by atoms with van der Waals surface area (Å²) in [6.07, 6.45) is 2.80. The minimum atomic E-state index is -0.245. The highest BCUT2D eigenvalue weighted by atomic mass is 19.1. The predicted octanol–water partition coefficient (Wildman–Crippen LogP) is 3.80. The number of allylic oxidation sites excluding steroid dienone is 1. The van der Waals surface area contributed by atoms with Crippen LogP contribution in [-0.4, -0.2) is 0 Å². The van der Waals surface area contributed by atoms with Crippen molar-refractivity contribution < 1.29 is 9.13 Å². The molecule has 0 amide bonds. The third kappa shape index (κ3) is 1.94. The van der Waals surface area contributed by atoms with Crippen molar-refractivity contribution in [2.75, 3.05) is 0 Å². The first-order chi connectivity index (χ1) is 8.33. The summed E-state index contributed by atoms with van der Waals surface area (Å²) in [6.45, 7) is 0. The Morgan fingerprint density at radius 2 is 1.88 bits per heavy atom. The monoisotopic (exact) mass is 226 g/mol. The Balaban J connectivity index is 1.96. The maximum atomic E-state index is 13.1. The van der Waals surface area contributed by atoms with Crippen molar-refractivity contribution in [3.8, 4) is 5.75 Å². The van der Waals surface area contributed by atoms with Crippen LogP contribution in [0.5, 0.6) is 5.75 Å². The Hall–Kier alpha value is -2.09. The van der Waals surface area contributed by atoms with Gasteiger partial charge in [0.25, 0.3) is 0 Å². The van der Waals surface area contributed by atoms with Crippen molar-refractivity contribution in [1.82, 2.24) is 0 Å². The topological polar surface area (TPSA) is 9.23 Å². The van der Waals surface area contributed by atoms with Crippen LogP contribution in [0.15, 0.2) is 54.6 Å². The molecule has 1 aliphatic heterocycles. The molecule has 0 aliphatic carbocycles. The number of ether oxygens (including phenoxy) is 1. The Labute approximate surface area is 99.2 Å². The van der Waals surface area contributed by atoms with Crippen molar-refractivity contribution in [1.29, 1.82) is 0 Å². The van der Waals surface area contributed by atoms with E-state index in [1.165, 1.54) is 12.1 Å². The zero-order valence-corrected chi connectivity index (χ0v) is 9.19. The molecule has 0 atom stereocenters. The smallest absolute Gasteiger partial charge is 0.131 e. The molecule has 0 bridgehead atoms. The summed E-state index contributed by atoms with van der Waals surface area (Å²) in [5, 5.41) is 0. The van der Waals surface area contributed by atoms with E-state index in [4.69, 9.17) is 4.74 Å². The van der Waals surface area contributed by atoms with Crippen LogP contribution in [0.1, 0.15) is 11.1 Å². The lowest BCUT2D eigenvalue weighted by molar-refractivity contribution is 0.497. The van der Waals surface area contributed by atoms with Gasteiger partial charge in [-0.2, -0.15) is 0 Å². The zero-order valence-electron chi connectivity index (χ0n) is 9.19.